The molecule has 0 bridgehead atoms. The Kier molecular flexibility index (Phi) is 6.64. The number of anilines is 1. The molecular weight excluding hydrogens is 354 g/mol. The number of rotatable bonds is 6. The quantitative estimate of drug-likeness (QED) is 0.768. The van der Waals surface area contributed by atoms with Crippen LogP contribution in [0.3, 0.4) is 0 Å². The van der Waals surface area contributed by atoms with Gasteiger partial charge in [-0.15, -0.1) is 0 Å². The zero-order chi connectivity index (χ0) is 19.2. The highest BCUT2D eigenvalue weighted by Gasteiger charge is 2.14. The number of benzene rings is 2. The lowest BCUT2D eigenvalue weighted by Gasteiger charge is -2.19. The number of hydrogen-bond acceptors (Lipinski definition) is 4. The van der Waals surface area contributed by atoms with Crippen molar-refractivity contribution in [3.63, 3.8) is 0 Å². The smallest absolute Gasteiger partial charge is 0.344 e. The zero-order valence-corrected chi connectivity index (χ0v) is 15.8. The first-order valence-corrected chi connectivity index (χ1v) is 8.57. The summed E-state index contributed by atoms with van der Waals surface area (Å²) < 4.78 is 10.3. The number of para-hydroxylation sites is 1. The van der Waals surface area contributed by atoms with E-state index in [1.165, 1.54) is 5.56 Å². The van der Waals surface area contributed by atoms with Gasteiger partial charge in [0.25, 0.3) is 5.91 Å². The molecule has 26 heavy (non-hydrogen) atoms. The third kappa shape index (κ3) is 6.08. The molecule has 2 aromatic carbocycles. The largest absolute Gasteiger partial charge is 0.482 e. The molecule has 0 aromatic heterocycles. The van der Waals surface area contributed by atoms with E-state index < -0.39 is 18.5 Å². The van der Waals surface area contributed by atoms with Crippen LogP contribution in [0.2, 0.25) is 5.02 Å². The van der Waals surface area contributed by atoms with E-state index in [0.29, 0.717) is 16.5 Å². The summed E-state index contributed by atoms with van der Waals surface area (Å²) in [5.41, 5.74) is 1.68. The molecule has 0 aliphatic heterocycles. The van der Waals surface area contributed by atoms with Gasteiger partial charge in [0.05, 0.1) is 10.7 Å². The molecule has 138 valence electrons. The lowest BCUT2D eigenvalue weighted by atomic mass is 9.87. The van der Waals surface area contributed by atoms with E-state index in [2.05, 4.69) is 26.1 Å². The van der Waals surface area contributed by atoms with Gasteiger partial charge in [0, 0.05) is 0 Å². The summed E-state index contributed by atoms with van der Waals surface area (Å²) in [6.07, 6.45) is 0. The molecule has 6 heteroatoms. The van der Waals surface area contributed by atoms with Crippen LogP contribution in [0.5, 0.6) is 5.75 Å². The van der Waals surface area contributed by atoms with Crippen LogP contribution in [0.4, 0.5) is 5.69 Å². The molecule has 0 fully saturated rings. The molecule has 1 N–H and O–H groups in total. The number of halogens is 1. The fourth-order valence-electron chi connectivity index (χ4n) is 2.13. The maximum absolute atomic E-state index is 11.8. The monoisotopic (exact) mass is 375 g/mol. The zero-order valence-electron chi connectivity index (χ0n) is 15.0. The van der Waals surface area contributed by atoms with Gasteiger partial charge in [-0.3, -0.25) is 4.79 Å². The van der Waals surface area contributed by atoms with Crippen LogP contribution in [0, 0.1) is 0 Å². The van der Waals surface area contributed by atoms with Crippen molar-refractivity contribution in [2.75, 3.05) is 18.5 Å². The van der Waals surface area contributed by atoms with Crippen LogP contribution >= 0.6 is 11.6 Å². The molecule has 0 aliphatic rings. The van der Waals surface area contributed by atoms with Gasteiger partial charge in [0.1, 0.15) is 5.75 Å². The summed E-state index contributed by atoms with van der Waals surface area (Å²) in [4.78, 5) is 23.5. The molecule has 5 nitrogen and oxygen atoms in total. The molecular formula is C20H22ClNO4. The van der Waals surface area contributed by atoms with E-state index in [-0.39, 0.29) is 12.0 Å². The molecule has 0 unspecified atom stereocenters. The average molecular weight is 376 g/mol. The normalized spacial score (nSPS) is 10.9. The number of carbonyl (C=O) groups is 2. The second-order valence-electron chi connectivity index (χ2n) is 6.75. The van der Waals surface area contributed by atoms with Crippen LogP contribution in [0.25, 0.3) is 0 Å². The van der Waals surface area contributed by atoms with E-state index in [4.69, 9.17) is 21.1 Å². The first-order valence-electron chi connectivity index (χ1n) is 8.19. The number of ether oxygens (including phenoxy) is 2. The fourth-order valence-corrected chi connectivity index (χ4v) is 2.31. The fraction of sp³-hybridized carbons (Fsp3) is 0.300. The van der Waals surface area contributed by atoms with Gasteiger partial charge < -0.3 is 14.8 Å². The molecule has 0 spiro atoms. The Morgan fingerprint density at radius 2 is 1.65 bits per heavy atom. The number of carbonyl (C=O) groups excluding carboxylic acids is 2. The Labute approximate surface area is 158 Å². The van der Waals surface area contributed by atoms with E-state index in [1.807, 2.05) is 12.1 Å². The number of hydrogen-bond donors (Lipinski definition) is 1. The highest BCUT2D eigenvalue weighted by molar-refractivity contribution is 6.33. The first kappa shape index (κ1) is 19.8. The van der Waals surface area contributed by atoms with Crippen molar-refractivity contribution in [2.24, 2.45) is 0 Å². The van der Waals surface area contributed by atoms with Crippen molar-refractivity contribution in [3.05, 3.63) is 59.1 Å². The molecule has 1 amide bonds. The van der Waals surface area contributed by atoms with Gasteiger partial charge >= 0.3 is 5.97 Å². The van der Waals surface area contributed by atoms with Gasteiger partial charge in [-0.2, -0.15) is 0 Å². The third-order valence-electron chi connectivity index (χ3n) is 3.59. The topological polar surface area (TPSA) is 64.6 Å². The van der Waals surface area contributed by atoms with E-state index >= 15 is 0 Å². The van der Waals surface area contributed by atoms with Crippen molar-refractivity contribution in [2.45, 2.75) is 26.2 Å². The van der Waals surface area contributed by atoms with Gasteiger partial charge in [0.15, 0.2) is 13.2 Å². The van der Waals surface area contributed by atoms with Crippen molar-refractivity contribution in [1.82, 2.24) is 0 Å². The van der Waals surface area contributed by atoms with Gasteiger partial charge in [-0.05, 0) is 35.2 Å². The Hall–Kier alpha value is -2.53. The summed E-state index contributed by atoms with van der Waals surface area (Å²) in [6, 6.07) is 14.3. The molecule has 2 rings (SSSR count). The maximum Gasteiger partial charge on any atom is 0.344 e. The molecule has 2 aromatic rings. The van der Waals surface area contributed by atoms with Crippen molar-refractivity contribution < 1.29 is 19.1 Å². The van der Waals surface area contributed by atoms with E-state index in [0.717, 1.165) is 0 Å². The number of nitrogens with one attached hydrogen (secondary N) is 1. The molecule has 0 saturated carbocycles. The van der Waals surface area contributed by atoms with Crippen LogP contribution in [-0.2, 0) is 19.7 Å². The minimum absolute atomic E-state index is 0.0481. The highest BCUT2D eigenvalue weighted by Crippen LogP contribution is 2.24. The summed E-state index contributed by atoms with van der Waals surface area (Å²) in [5.74, 6) is -0.532. The number of amides is 1. The van der Waals surface area contributed by atoms with Gasteiger partial charge in [0.2, 0.25) is 0 Å². The summed E-state index contributed by atoms with van der Waals surface area (Å²) in [5, 5.41) is 2.98. The Bertz CT molecular complexity index is 766. The predicted molar refractivity (Wildman–Crippen MR) is 102 cm³/mol. The summed E-state index contributed by atoms with van der Waals surface area (Å²) >= 11 is 5.95. The molecule has 0 saturated heterocycles. The van der Waals surface area contributed by atoms with E-state index in [9.17, 15) is 9.59 Å². The van der Waals surface area contributed by atoms with Crippen LogP contribution in [-0.4, -0.2) is 25.1 Å². The van der Waals surface area contributed by atoms with Crippen LogP contribution in [0.15, 0.2) is 48.5 Å². The first-order chi connectivity index (χ1) is 12.3. The van der Waals surface area contributed by atoms with Gasteiger partial charge in [-0.25, -0.2) is 4.79 Å². The van der Waals surface area contributed by atoms with Crippen LogP contribution < -0.4 is 10.1 Å². The highest BCUT2D eigenvalue weighted by atomic mass is 35.5. The molecule has 0 radical (unpaired) electrons. The Balaban J connectivity index is 1.75. The van der Waals surface area contributed by atoms with Crippen molar-refractivity contribution in [1.29, 1.82) is 0 Å². The minimum Gasteiger partial charge on any atom is -0.482 e. The minimum atomic E-state index is -0.626. The lowest BCUT2D eigenvalue weighted by molar-refractivity contribution is -0.149. The predicted octanol–water partition coefficient (Wildman–Crippen LogP) is 4.20. The molecule has 0 heterocycles. The SMILES string of the molecule is CC(C)(C)c1ccc(OCC(=O)OCC(=O)Nc2ccccc2Cl)cc1. The van der Waals surface area contributed by atoms with Gasteiger partial charge in [-0.1, -0.05) is 56.6 Å². The average Bonchev–Trinajstić information content (AvgIpc) is 2.60. The van der Waals surface area contributed by atoms with Crippen molar-refractivity contribution >= 4 is 29.2 Å². The van der Waals surface area contributed by atoms with Crippen LogP contribution in [0.1, 0.15) is 26.3 Å². The molecule has 0 aliphatic carbocycles. The second-order valence-corrected chi connectivity index (χ2v) is 7.16. The van der Waals surface area contributed by atoms with E-state index in [1.54, 1.807) is 36.4 Å². The Morgan fingerprint density at radius 1 is 1.00 bits per heavy atom. The summed E-state index contributed by atoms with van der Waals surface area (Å²) in [6.45, 7) is 5.68. The standard InChI is InChI=1S/C20H22ClNO4/c1-20(2,3)14-8-10-15(11-9-14)25-13-19(24)26-12-18(23)22-17-7-5-4-6-16(17)21/h4-11H,12-13H2,1-3H3,(H,22,23). The number of esters is 1. The third-order valence-corrected chi connectivity index (χ3v) is 3.92. The second kappa shape index (κ2) is 8.72. The van der Waals surface area contributed by atoms with Crippen molar-refractivity contribution in [3.8, 4) is 5.75 Å². The molecule has 0 atom stereocenters. The maximum atomic E-state index is 11.8. The Morgan fingerprint density at radius 3 is 2.27 bits per heavy atom. The summed E-state index contributed by atoms with van der Waals surface area (Å²) in [7, 11) is 0. The lowest BCUT2D eigenvalue weighted by Crippen LogP contribution is -2.23.